The minimum atomic E-state index is 0.0293. The van der Waals surface area contributed by atoms with Crippen molar-refractivity contribution in [3.8, 4) is 5.88 Å². The van der Waals surface area contributed by atoms with Gasteiger partial charge in [-0.2, -0.15) is 0 Å². The first-order valence-electron chi connectivity index (χ1n) is 5.91. The Morgan fingerprint density at radius 2 is 1.85 bits per heavy atom. The van der Waals surface area contributed by atoms with E-state index in [-0.39, 0.29) is 5.88 Å². The molecule has 0 saturated heterocycles. The first-order valence-corrected chi connectivity index (χ1v) is 7.78. The Hall–Kier alpha value is -1.34. The van der Waals surface area contributed by atoms with Crippen LogP contribution in [0.15, 0.2) is 46.9 Å². The van der Waals surface area contributed by atoms with Crippen LogP contribution in [-0.4, -0.2) is 15.8 Å². The Balaban J connectivity index is 2.18. The number of fused-ring (bicyclic) bond motifs is 1. The van der Waals surface area contributed by atoms with E-state index in [2.05, 4.69) is 43.5 Å². The molecule has 0 radical (unpaired) electrons. The molecule has 5 heteroatoms. The second-order valence-electron chi connectivity index (χ2n) is 4.42. The van der Waals surface area contributed by atoms with E-state index in [9.17, 15) is 5.11 Å². The summed E-state index contributed by atoms with van der Waals surface area (Å²) in [6, 6.07) is 13.4. The Kier molecular flexibility index (Phi) is 3.55. The lowest BCUT2D eigenvalue weighted by molar-refractivity contribution is 0.457. The fourth-order valence-electron chi connectivity index (χ4n) is 2.16. The number of hydrogen-bond donors (Lipinski definition) is 3. The van der Waals surface area contributed by atoms with Crippen molar-refractivity contribution in [2.75, 3.05) is 0 Å². The van der Waals surface area contributed by atoms with Gasteiger partial charge in [0.05, 0.1) is 11.3 Å². The van der Waals surface area contributed by atoms with E-state index >= 15 is 0 Å². The van der Waals surface area contributed by atoms with Gasteiger partial charge in [-0.3, -0.25) is 5.41 Å². The van der Waals surface area contributed by atoms with Gasteiger partial charge < -0.3 is 10.1 Å². The number of halogens is 2. The topological polar surface area (TPSA) is 59.9 Å². The number of hydrogen-bond acceptors (Lipinski definition) is 2. The molecule has 0 aliphatic carbocycles. The van der Waals surface area contributed by atoms with Gasteiger partial charge in [-0.25, -0.2) is 0 Å². The van der Waals surface area contributed by atoms with Gasteiger partial charge in [0.15, 0.2) is 5.88 Å². The molecular weight excluding hydrogens is 431 g/mol. The molecule has 0 bridgehead atoms. The van der Waals surface area contributed by atoms with Gasteiger partial charge in [-0.1, -0.05) is 28.1 Å². The second kappa shape index (κ2) is 5.21. The minimum Gasteiger partial charge on any atom is -0.494 e. The van der Waals surface area contributed by atoms with Crippen LogP contribution in [0.4, 0.5) is 0 Å². The van der Waals surface area contributed by atoms with Crippen LogP contribution in [0, 0.1) is 8.98 Å². The van der Waals surface area contributed by atoms with E-state index < -0.39 is 0 Å². The molecule has 0 aliphatic rings. The third kappa shape index (κ3) is 2.35. The summed E-state index contributed by atoms with van der Waals surface area (Å²) in [6.07, 6.45) is 0. The molecule has 3 rings (SSSR count). The molecule has 0 saturated carbocycles. The summed E-state index contributed by atoms with van der Waals surface area (Å²) < 4.78 is 2.03. The van der Waals surface area contributed by atoms with Gasteiger partial charge in [0.2, 0.25) is 0 Å². The summed E-state index contributed by atoms with van der Waals surface area (Å²) in [5.41, 5.74) is 2.43. The van der Waals surface area contributed by atoms with Gasteiger partial charge >= 0.3 is 0 Å². The normalized spacial score (nSPS) is 10.9. The molecular formula is C15H10BrIN2O. The molecule has 1 aromatic heterocycles. The van der Waals surface area contributed by atoms with Crippen LogP contribution in [0.25, 0.3) is 10.9 Å². The zero-order chi connectivity index (χ0) is 14.3. The zero-order valence-electron chi connectivity index (χ0n) is 10.2. The number of nitrogens with one attached hydrogen (secondary N) is 2. The predicted molar refractivity (Wildman–Crippen MR) is 92.8 cm³/mol. The van der Waals surface area contributed by atoms with Gasteiger partial charge in [-0.15, -0.1) is 0 Å². The fourth-order valence-corrected chi connectivity index (χ4v) is 2.88. The minimum absolute atomic E-state index is 0.0293. The molecule has 0 amide bonds. The van der Waals surface area contributed by atoms with Gasteiger partial charge in [-0.05, 0) is 52.9 Å². The van der Waals surface area contributed by atoms with E-state index in [1.807, 2.05) is 42.5 Å². The second-order valence-corrected chi connectivity index (χ2v) is 6.58. The van der Waals surface area contributed by atoms with E-state index in [1.54, 1.807) is 0 Å². The Labute approximate surface area is 137 Å². The van der Waals surface area contributed by atoms with Crippen LogP contribution in [0.3, 0.4) is 0 Å². The number of aromatic amines is 1. The number of rotatable bonds is 2. The Morgan fingerprint density at radius 3 is 2.55 bits per heavy atom. The maximum Gasteiger partial charge on any atom is 0.199 e. The number of benzene rings is 2. The highest BCUT2D eigenvalue weighted by Gasteiger charge is 2.16. The summed E-state index contributed by atoms with van der Waals surface area (Å²) in [6.45, 7) is 0. The van der Waals surface area contributed by atoms with E-state index in [0.29, 0.717) is 11.3 Å². The molecule has 20 heavy (non-hydrogen) atoms. The van der Waals surface area contributed by atoms with Crippen molar-refractivity contribution in [3.63, 3.8) is 0 Å². The highest BCUT2D eigenvalue weighted by atomic mass is 127. The monoisotopic (exact) mass is 440 g/mol. The SMILES string of the molecule is N=C(c1ccc(I)cc1)c1c(O)[nH]c2ccc(Br)cc12. The highest BCUT2D eigenvalue weighted by molar-refractivity contribution is 14.1. The standard InChI is InChI=1S/C15H10BrIN2O/c16-9-3-6-12-11(7-9)13(15(20)19-12)14(18)8-1-4-10(17)5-2-8/h1-7,18-20H. The third-order valence-electron chi connectivity index (χ3n) is 3.12. The summed E-state index contributed by atoms with van der Waals surface area (Å²) in [4.78, 5) is 2.91. The molecule has 3 nitrogen and oxygen atoms in total. The largest absolute Gasteiger partial charge is 0.494 e. The summed E-state index contributed by atoms with van der Waals surface area (Å²) >= 11 is 5.65. The number of aromatic nitrogens is 1. The van der Waals surface area contributed by atoms with Crippen LogP contribution in [-0.2, 0) is 0 Å². The van der Waals surface area contributed by atoms with Gasteiger partial charge in [0.25, 0.3) is 0 Å². The first-order chi connectivity index (χ1) is 9.56. The summed E-state index contributed by atoms with van der Waals surface area (Å²) in [5.74, 6) is 0.0293. The molecule has 0 fully saturated rings. The summed E-state index contributed by atoms with van der Waals surface area (Å²) in [5, 5.41) is 19.3. The highest BCUT2D eigenvalue weighted by Crippen LogP contribution is 2.31. The van der Waals surface area contributed by atoms with Crippen LogP contribution in [0.2, 0.25) is 0 Å². The van der Waals surface area contributed by atoms with Crippen LogP contribution >= 0.6 is 38.5 Å². The van der Waals surface area contributed by atoms with Crippen LogP contribution < -0.4 is 0 Å². The smallest absolute Gasteiger partial charge is 0.199 e. The lowest BCUT2D eigenvalue weighted by Gasteiger charge is -2.04. The van der Waals surface area contributed by atoms with Crippen molar-refractivity contribution in [2.24, 2.45) is 0 Å². The quantitative estimate of drug-likeness (QED) is 0.394. The molecule has 1 heterocycles. The molecule has 0 spiro atoms. The average molecular weight is 441 g/mol. The molecule has 0 atom stereocenters. The van der Waals surface area contributed by atoms with E-state index in [0.717, 1.165) is 24.5 Å². The van der Waals surface area contributed by atoms with E-state index in [1.165, 1.54) is 0 Å². The fraction of sp³-hybridized carbons (Fsp3) is 0. The lowest BCUT2D eigenvalue weighted by atomic mass is 10.0. The number of aromatic hydroxyl groups is 1. The average Bonchev–Trinajstić information content (AvgIpc) is 2.74. The van der Waals surface area contributed by atoms with Crippen molar-refractivity contribution < 1.29 is 5.11 Å². The maximum absolute atomic E-state index is 10.1. The van der Waals surface area contributed by atoms with Crippen molar-refractivity contribution in [3.05, 3.63) is 61.6 Å². The molecule has 3 N–H and O–H groups in total. The van der Waals surface area contributed by atoms with Gasteiger partial charge in [0.1, 0.15) is 0 Å². The third-order valence-corrected chi connectivity index (χ3v) is 4.34. The van der Waals surface area contributed by atoms with Crippen molar-refractivity contribution in [1.82, 2.24) is 4.98 Å². The van der Waals surface area contributed by atoms with Crippen molar-refractivity contribution >= 4 is 55.1 Å². The molecule has 100 valence electrons. The number of H-pyrrole nitrogens is 1. The predicted octanol–water partition coefficient (Wildman–Crippen LogP) is 4.66. The van der Waals surface area contributed by atoms with Gasteiger partial charge in [0, 0.05) is 24.5 Å². The lowest BCUT2D eigenvalue weighted by Crippen LogP contribution is -2.00. The maximum atomic E-state index is 10.1. The molecule has 0 unspecified atom stereocenters. The molecule has 3 aromatic rings. The first kappa shape index (κ1) is 13.6. The molecule has 2 aromatic carbocycles. The molecule has 0 aliphatic heterocycles. The Morgan fingerprint density at radius 1 is 1.15 bits per heavy atom. The van der Waals surface area contributed by atoms with Crippen molar-refractivity contribution in [2.45, 2.75) is 0 Å². The van der Waals surface area contributed by atoms with Crippen LogP contribution in [0.5, 0.6) is 5.88 Å². The zero-order valence-corrected chi connectivity index (χ0v) is 14.0. The van der Waals surface area contributed by atoms with E-state index in [4.69, 9.17) is 5.41 Å². The summed E-state index contributed by atoms with van der Waals surface area (Å²) in [7, 11) is 0. The Bertz CT molecular complexity index is 809. The van der Waals surface area contributed by atoms with Crippen molar-refractivity contribution in [1.29, 1.82) is 5.41 Å². The van der Waals surface area contributed by atoms with Crippen LogP contribution in [0.1, 0.15) is 11.1 Å².